The number of H-pyrrole nitrogens is 1. The van der Waals surface area contributed by atoms with Crippen LogP contribution in [0.15, 0.2) is 41.1 Å². The first-order chi connectivity index (χ1) is 8.24. The van der Waals surface area contributed by atoms with Crippen LogP contribution in [0.4, 0.5) is 0 Å². The van der Waals surface area contributed by atoms with Gasteiger partial charge in [-0.25, -0.2) is 9.97 Å². The molecule has 2 aromatic heterocycles. The number of hydrogen-bond acceptors (Lipinski definition) is 2. The van der Waals surface area contributed by atoms with Gasteiger partial charge in [0, 0.05) is 10.6 Å². The molecule has 3 rings (SSSR count). The predicted molar refractivity (Wildman–Crippen MR) is 72.0 cm³/mol. The Morgan fingerprint density at radius 2 is 2.06 bits per heavy atom. The van der Waals surface area contributed by atoms with Gasteiger partial charge in [-0.2, -0.15) is 0 Å². The van der Waals surface area contributed by atoms with Crippen molar-refractivity contribution in [3.05, 3.63) is 46.2 Å². The fourth-order valence-electron chi connectivity index (χ4n) is 1.70. The van der Waals surface area contributed by atoms with Crippen LogP contribution in [-0.2, 0) is 0 Å². The van der Waals surface area contributed by atoms with Crippen LogP contribution in [0.2, 0.25) is 5.02 Å². The highest BCUT2D eigenvalue weighted by Gasteiger charge is 2.08. The summed E-state index contributed by atoms with van der Waals surface area (Å²) in [6.07, 6.45) is 1.66. The number of halogens is 2. The van der Waals surface area contributed by atoms with E-state index in [9.17, 15) is 0 Å². The molecular formula is C12H7BrClN3. The summed E-state index contributed by atoms with van der Waals surface area (Å²) in [5.74, 6) is 0. The Labute approximate surface area is 111 Å². The number of nitrogens with one attached hydrogen (secondary N) is 1. The lowest BCUT2D eigenvalue weighted by molar-refractivity contribution is 1.23. The smallest absolute Gasteiger partial charge is 0.156 e. The summed E-state index contributed by atoms with van der Waals surface area (Å²) in [4.78, 5) is 11.8. The summed E-state index contributed by atoms with van der Waals surface area (Å²) < 4.78 is 0.717. The van der Waals surface area contributed by atoms with Crippen molar-refractivity contribution in [3.8, 4) is 11.3 Å². The van der Waals surface area contributed by atoms with E-state index in [1.54, 1.807) is 6.20 Å². The second kappa shape index (κ2) is 4.13. The minimum atomic E-state index is 0.707. The molecule has 1 N–H and O–H groups in total. The summed E-state index contributed by atoms with van der Waals surface area (Å²) in [6, 6.07) is 9.61. The Kier molecular flexibility index (Phi) is 2.61. The standard InChI is InChI=1S/C12H7BrClN3/c13-11-6-15-12-10(16-11)5-9(17-12)7-3-1-2-4-8(7)14/h1-6H,(H,15,17). The zero-order valence-electron chi connectivity index (χ0n) is 8.61. The SMILES string of the molecule is Clc1ccccc1-c1cc2nc(Br)cnc2[nH]1. The van der Waals surface area contributed by atoms with Crippen molar-refractivity contribution in [2.24, 2.45) is 0 Å². The van der Waals surface area contributed by atoms with Crippen LogP contribution in [0, 0.1) is 0 Å². The number of aromatic nitrogens is 3. The normalized spacial score (nSPS) is 10.9. The van der Waals surface area contributed by atoms with E-state index in [0.717, 1.165) is 27.0 Å². The summed E-state index contributed by atoms with van der Waals surface area (Å²) in [7, 11) is 0. The van der Waals surface area contributed by atoms with E-state index in [4.69, 9.17) is 11.6 Å². The molecule has 84 valence electrons. The van der Waals surface area contributed by atoms with Gasteiger partial charge >= 0.3 is 0 Å². The topological polar surface area (TPSA) is 41.6 Å². The van der Waals surface area contributed by atoms with E-state index in [2.05, 4.69) is 30.9 Å². The van der Waals surface area contributed by atoms with Gasteiger partial charge in [-0.05, 0) is 28.1 Å². The number of aromatic amines is 1. The average molecular weight is 309 g/mol. The first kappa shape index (κ1) is 10.7. The first-order valence-corrected chi connectivity index (χ1v) is 6.17. The highest BCUT2D eigenvalue weighted by Crippen LogP contribution is 2.28. The number of rotatable bonds is 1. The van der Waals surface area contributed by atoms with Gasteiger partial charge in [-0.3, -0.25) is 0 Å². The largest absolute Gasteiger partial charge is 0.338 e. The van der Waals surface area contributed by atoms with Gasteiger partial charge in [0.05, 0.1) is 11.9 Å². The van der Waals surface area contributed by atoms with E-state index in [0.29, 0.717) is 5.02 Å². The molecule has 0 amide bonds. The van der Waals surface area contributed by atoms with Crippen molar-refractivity contribution in [1.29, 1.82) is 0 Å². The number of nitrogens with zero attached hydrogens (tertiary/aromatic N) is 2. The Balaban J connectivity index is 2.22. The second-order valence-corrected chi connectivity index (χ2v) is 4.81. The summed E-state index contributed by atoms with van der Waals surface area (Å²) in [5, 5.41) is 0.707. The molecule has 0 saturated heterocycles. The Hall–Kier alpha value is -1.39. The van der Waals surface area contributed by atoms with Gasteiger partial charge in [0.25, 0.3) is 0 Å². The van der Waals surface area contributed by atoms with E-state index >= 15 is 0 Å². The van der Waals surface area contributed by atoms with Crippen LogP contribution in [-0.4, -0.2) is 15.0 Å². The zero-order chi connectivity index (χ0) is 11.8. The maximum absolute atomic E-state index is 6.15. The van der Waals surface area contributed by atoms with E-state index in [-0.39, 0.29) is 0 Å². The molecule has 1 aromatic carbocycles. The molecule has 3 aromatic rings. The average Bonchev–Trinajstić information content (AvgIpc) is 2.72. The molecule has 0 aliphatic rings. The lowest BCUT2D eigenvalue weighted by Gasteiger charge is -1.99. The molecule has 2 heterocycles. The predicted octanol–water partition coefficient (Wildman–Crippen LogP) is 4.04. The van der Waals surface area contributed by atoms with Crippen LogP contribution in [0.5, 0.6) is 0 Å². The monoisotopic (exact) mass is 307 g/mol. The van der Waals surface area contributed by atoms with Gasteiger partial charge in [-0.1, -0.05) is 29.8 Å². The quantitative estimate of drug-likeness (QED) is 0.737. The zero-order valence-corrected chi connectivity index (χ0v) is 11.0. The van der Waals surface area contributed by atoms with Crippen molar-refractivity contribution >= 4 is 38.7 Å². The highest BCUT2D eigenvalue weighted by molar-refractivity contribution is 9.10. The van der Waals surface area contributed by atoms with Crippen molar-refractivity contribution < 1.29 is 0 Å². The minimum Gasteiger partial charge on any atom is -0.338 e. The molecule has 0 aliphatic heterocycles. The lowest BCUT2D eigenvalue weighted by atomic mass is 10.1. The van der Waals surface area contributed by atoms with Crippen LogP contribution in [0.3, 0.4) is 0 Å². The van der Waals surface area contributed by atoms with Gasteiger partial charge in [0.15, 0.2) is 5.65 Å². The van der Waals surface area contributed by atoms with Crippen LogP contribution in [0.25, 0.3) is 22.4 Å². The molecule has 0 unspecified atom stereocenters. The molecule has 0 atom stereocenters. The van der Waals surface area contributed by atoms with Crippen molar-refractivity contribution in [2.45, 2.75) is 0 Å². The third-order valence-corrected chi connectivity index (χ3v) is 3.18. The van der Waals surface area contributed by atoms with Gasteiger partial charge in [0.1, 0.15) is 10.1 Å². The van der Waals surface area contributed by atoms with Crippen LogP contribution < -0.4 is 0 Å². The van der Waals surface area contributed by atoms with Gasteiger partial charge in [0.2, 0.25) is 0 Å². The molecular weight excluding hydrogens is 302 g/mol. The Morgan fingerprint density at radius 1 is 1.24 bits per heavy atom. The molecule has 0 spiro atoms. The summed E-state index contributed by atoms with van der Waals surface area (Å²) in [5.41, 5.74) is 3.44. The molecule has 0 aliphatic carbocycles. The molecule has 5 heteroatoms. The summed E-state index contributed by atoms with van der Waals surface area (Å²) >= 11 is 9.45. The lowest BCUT2D eigenvalue weighted by Crippen LogP contribution is -1.80. The Bertz CT molecular complexity index is 693. The van der Waals surface area contributed by atoms with Crippen LogP contribution >= 0.6 is 27.5 Å². The fraction of sp³-hybridized carbons (Fsp3) is 0. The van der Waals surface area contributed by atoms with Gasteiger partial charge < -0.3 is 4.98 Å². The van der Waals surface area contributed by atoms with E-state index < -0.39 is 0 Å². The maximum atomic E-state index is 6.15. The number of hydrogen-bond donors (Lipinski definition) is 1. The fourth-order valence-corrected chi connectivity index (χ4v) is 2.23. The van der Waals surface area contributed by atoms with Crippen molar-refractivity contribution in [1.82, 2.24) is 15.0 Å². The number of fused-ring (bicyclic) bond motifs is 1. The Morgan fingerprint density at radius 3 is 2.88 bits per heavy atom. The molecule has 0 bridgehead atoms. The number of benzene rings is 1. The molecule has 0 radical (unpaired) electrons. The molecule has 3 nitrogen and oxygen atoms in total. The molecule has 17 heavy (non-hydrogen) atoms. The highest BCUT2D eigenvalue weighted by atomic mass is 79.9. The van der Waals surface area contributed by atoms with E-state index in [1.165, 1.54) is 0 Å². The minimum absolute atomic E-state index is 0.707. The van der Waals surface area contributed by atoms with Gasteiger partial charge in [-0.15, -0.1) is 0 Å². The third-order valence-electron chi connectivity index (χ3n) is 2.47. The third kappa shape index (κ3) is 1.94. The summed E-state index contributed by atoms with van der Waals surface area (Å²) in [6.45, 7) is 0. The van der Waals surface area contributed by atoms with Crippen molar-refractivity contribution in [3.63, 3.8) is 0 Å². The second-order valence-electron chi connectivity index (χ2n) is 3.59. The maximum Gasteiger partial charge on any atom is 0.156 e. The van der Waals surface area contributed by atoms with Crippen LogP contribution in [0.1, 0.15) is 0 Å². The first-order valence-electron chi connectivity index (χ1n) is 5.00. The molecule has 0 fully saturated rings. The van der Waals surface area contributed by atoms with E-state index in [1.807, 2.05) is 30.3 Å². The van der Waals surface area contributed by atoms with Crippen molar-refractivity contribution in [2.75, 3.05) is 0 Å². The molecule has 0 saturated carbocycles.